The van der Waals surface area contributed by atoms with Gasteiger partial charge in [0.05, 0.1) is 0 Å². The Bertz CT molecular complexity index is 501. The lowest BCUT2D eigenvalue weighted by molar-refractivity contribution is -0.146. The maximum absolute atomic E-state index is 11.8. The predicted octanol–water partition coefficient (Wildman–Crippen LogP) is 0.220. The second kappa shape index (κ2) is 5.71. The van der Waals surface area contributed by atoms with E-state index in [2.05, 4.69) is 10.6 Å². The summed E-state index contributed by atoms with van der Waals surface area (Å²) in [6.07, 6.45) is -0.492. The van der Waals surface area contributed by atoms with Gasteiger partial charge in [0.25, 0.3) is 5.91 Å². The number of fused-ring (bicyclic) bond motifs is 1. The van der Waals surface area contributed by atoms with Crippen molar-refractivity contribution in [2.75, 3.05) is 18.4 Å². The zero-order chi connectivity index (χ0) is 13.8. The zero-order valence-corrected chi connectivity index (χ0v) is 10.3. The first kappa shape index (κ1) is 13.4. The van der Waals surface area contributed by atoms with Crippen molar-refractivity contribution in [3.63, 3.8) is 0 Å². The summed E-state index contributed by atoms with van der Waals surface area (Å²) >= 11 is 0. The second-order valence-electron chi connectivity index (χ2n) is 4.45. The van der Waals surface area contributed by atoms with Crippen molar-refractivity contribution in [2.45, 2.75) is 18.9 Å². The van der Waals surface area contributed by atoms with Gasteiger partial charge in [-0.2, -0.15) is 0 Å². The Morgan fingerprint density at radius 3 is 2.95 bits per heavy atom. The second-order valence-corrected chi connectivity index (χ2v) is 4.45. The molecule has 0 saturated carbocycles. The minimum absolute atomic E-state index is 0.00966. The number of benzene rings is 1. The molecule has 0 radical (unpaired) electrons. The summed E-state index contributed by atoms with van der Waals surface area (Å²) in [6, 6.07) is 5.44. The van der Waals surface area contributed by atoms with E-state index in [0.717, 1.165) is 18.7 Å². The Morgan fingerprint density at radius 2 is 2.21 bits per heavy atom. The summed E-state index contributed by atoms with van der Waals surface area (Å²) in [5.41, 5.74) is 2.69. The molecule has 0 aromatic heterocycles. The number of carbonyl (C=O) groups is 2. The highest BCUT2D eigenvalue weighted by molar-refractivity contribution is 5.95. The van der Waals surface area contributed by atoms with E-state index in [1.54, 1.807) is 12.1 Å². The smallest absolute Gasteiger partial charge is 0.332 e. The van der Waals surface area contributed by atoms with Gasteiger partial charge in [0.2, 0.25) is 0 Å². The molecule has 6 nitrogen and oxygen atoms in total. The first-order chi connectivity index (χ1) is 9.08. The van der Waals surface area contributed by atoms with Crippen LogP contribution in [-0.4, -0.2) is 41.3 Å². The average molecular weight is 264 g/mol. The number of carboxylic acid groups (broad SMARTS) is 1. The van der Waals surface area contributed by atoms with Crippen molar-refractivity contribution in [1.29, 1.82) is 0 Å². The summed E-state index contributed by atoms with van der Waals surface area (Å²) in [4.78, 5) is 22.2. The Morgan fingerprint density at radius 1 is 1.42 bits per heavy atom. The average Bonchev–Trinajstić information content (AvgIpc) is 2.85. The van der Waals surface area contributed by atoms with Gasteiger partial charge in [-0.3, -0.25) is 4.79 Å². The van der Waals surface area contributed by atoms with E-state index in [9.17, 15) is 9.59 Å². The number of amides is 1. The molecule has 1 aliphatic rings. The molecule has 1 aromatic carbocycles. The molecule has 0 bridgehead atoms. The SMILES string of the molecule is O=C(NCCC(O)C(=O)O)c1ccc2c(c1)NCC2. The van der Waals surface area contributed by atoms with E-state index in [-0.39, 0.29) is 18.9 Å². The van der Waals surface area contributed by atoms with Gasteiger partial charge in [-0.25, -0.2) is 4.79 Å². The van der Waals surface area contributed by atoms with Crippen LogP contribution in [0.15, 0.2) is 18.2 Å². The highest BCUT2D eigenvalue weighted by Gasteiger charge is 2.15. The standard InChI is InChI=1S/C13H16N2O4/c16-11(13(18)19)4-6-15-12(17)9-2-1-8-3-5-14-10(8)7-9/h1-2,7,11,14,16H,3-6H2,(H,15,17)(H,18,19). The van der Waals surface area contributed by atoms with Gasteiger partial charge in [-0.05, 0) is 24.1 Å². The van der Waals surface area contributed by atoms with Gasteiger partial charge in [0.1, 0.15) is 0 Å². The number of rotatable bonds is 5. The Labute approximate surface area is 110 Å². The van der Waals surface area contributed by atoms with Crippen LogP contribution < -0.4 is 10.6 Å². The normalized spacial score (nSPS) is 14.4. The first-order valence-corrected chi connectivity index (χ1v) is 6.14. The molecule has 1 heterocycles. The van der Waals surface area contributed by atoms with Crippen molar-refractivity contribution >= 4 is 17.6 Å². The third-order valence-electron chi connectivity index (χ3n) is 3.07. The molecule has 2 rings (SSSR count). The fraction of sp³-hybridized carbons (Fsp3) is 0.385. The summed E-state index contributed by atoms with van der Waals surface area (Å²) in [7, 11) is 0. The fourth-order valence-corrected chi connectivity index (χ4v) is 1.98. The minimum Gasteiger partial charge on any atom is -0.479 e. The number of carbonyl (C=O) groups excluding carboxylic acids is 1. The molecular weight excluding hydrogens is 248 g/mol. The Kier molecular flexibility index (Phi) is 4.01. The van der Waals surface area contributed by atoms with Gasteiger partial charge in [0.15, 0.2) is 6.10 Å². The van der Waals surface area contributed by atoms with Crippen LogP contribution in [0.1, 0.15) is 22.3 Å². The lowest BCUT2D eigenvalue weighted by Gasteiger charge is -2.08. The maximum atomic E-state index is 11.8. The molecular formula is C13H16N2O4. The van der Waals surface area contributed by atoms with Gasteiger partial charge < -0.3 is 20.8 Å². The number of anilines is 1. The molecule has 6 heteroatoms. The van der Waals surface area contributed by atoms with Crippen molar-refractivity contribution < 1.29 is 19.8 Å². The van der Waals surface area contributed by atoms with Crippen molar-refractivity contribution in [3.05, 3.63) is 29.3 Å². The van der Waals surface area contributed by atoms with Crippen molar-refractivity contribution in [3.8, 4) is 0 Å². The molecule has 1 aromatic rings. The quantitative estimate of drug-likeness (QED) is 0.610. The Balaban J connectivity index is 1.88. The number of hydrogen-bond donors (Lipinski definition) is 4. The van der Waals surface area contributed by atoms with Gasteiger partial charge in [0, 0.05) is 30.8 Å². The largest absolute Gasteiger partial charge is 0.479 e. The number of aliphatic hydroxyl groups is 1. The zero-order valence-electron chi connectivity index (χ0n) is 10.3. The van der Waals surface area contributed by atoms with Gasteiger partial charge in [-0.1, -0.05) is 6.07 Å². The number of nitrogens with one attached hydrogen (secondary N) is 2. The van der Waals surface area contributed by atoms with Crippen LogP contribution in [0.3, 0.4) is 0 Å². The molecule has 1 aliphatic heterocycles. The highest BCUT2D eigenvalue weighted by Crippen LogP contribution is 2.23. The third-order valence-corrected chi connectivity index (χ3v) is 3.07. The van der Waals surface area contributed by atoms with Crippen LogP contribution in [0.4, 0.5) is 5.69 Å². The number of hydrogen-bond acceptors (Lipinski definition) is 4. The topological polar surface area (TPSA) is 98.7 Å². The van der Waals surface area contributed by atoms with Gasteiger partial charge >= 0.3 is 5.97 Å². The van der Waals surface area contributed by atoms with E-state index >= 15 is 0 Å². The van der Waals surface area contributed by atoms with E-state index < -0.39 is 12.1 Å². The first-order valence-electron chi connectivity index (χ1n) is 6.14. The number of aliphatic carboxylic acids is 1. The Hall–Kier alpha value is -2.08. The highest BCUT2D eigenvalue weighted by atomic mass is 16.4. The van der Waals surface area contributed by atoms with E-state index in [0.29, 0.717) is 5.56 Å². The lowest BCUT2D eigenvalue weighted by Crippen LogP contribution is -2.30. The molecule has 102 valence electrons. The summed E-state index contributed by atoms with van der Waals surface area (Å²) < 4.78 is 0. The molecule has 0 fully saturated rings. The number of carboxylic acids is 1. The monoisotopic (exact) mass is 264 g/mol. The van der Waals surface area contributed by atoms with Crippen molar-refractivity contribution in [2.24, 2.45) is 0 Å². The lowest BCUT2D eigenvalue weighted by atomic mass is 10.1. The molecule has 19 heavy (non-hydrogen) atoms. The van der Waals surface area contributed by atoms with Crippen LogP contribution in [0.25, 0.3) is 0 Å². The van der Waals surface area contributed by atoms with Crippen LogP contribution in [0.2, 0.25) is 0 Å². The van der Waals surface area contributed by atoms with Crippen LogP contribution in [-0.2, 0) is 11.2 Å². The molecule has 1 unspecified atom stereocenters. The van der Waals surface area contributed by atoms with Crippen molar-refractivity contribution in [1.82, 2.24) is 5.32 Å². The molecule has 1 atom stereocenters. The predicted molar refractivity (Wildman–Crippen MR) is 69.2 cm³/mol. The number of aliphatic hydroxyl groups excluding tert-OH is 1. The van der Waals surface area contributed by atoms with Crippen LogP contribution in [0.5, 0.6) is 0 Å². The summed E-state index contributed by atoms with van der Waals surface area (Å²) in [6.45, 7) is 1.00. The van der Waals surface area contributed by atoms with E-state index in [1.807, 2.05) is 6.07 Å². The molecule has 1 amide bonds. The summed E-state index contributed by atoms with van der Waals surface area (Å²) in [5, 5.41) is 23.3. The minimum atomic E-state index is -1.44. The maximum Gasteiger partial charge on any atom is 0.332 e. The van der Waals surface area contributed by atoms with Crippen LogP contribution >= 0.6 is 0 Å². The third kappa shape index (κ3) is 3.23. The van der Waals surface area contributed by atoms with Gasteiger partial charge in [-0.15, -0.1) is 0 Å². The van der Waals surface area contributed by atoms with E-state index in [4.69, 9.17) is 10.2 Å². The fourth-order valence-electron chi connectivity index (χ4n) is 1.98. The molecule has 0 spiro atoms. The van der Waals surface area contributed by atoms with Crippen LogP contribution in [0, 0.1) is 0 Å². The molecule has 0 saturated heterocycles. The molecule has 4 N–H and O–H groups in total. The van der Waals surface area contributed by atoms with E-state index in [1.165, 1.54) is 5.56 Å². The molecule has 0 aliphatic carbocycles. The summed E-state index contributed by atoms with van der Waals surface area (Å²) in [5.74, 6) is -1.55.